The van der Waals surface area contributed by atoms with Crippen molar-refractivity contribution in [3.8, 4) is 5.75 Å². The van der Waals surface area contributed by atoms with Crippen LogP contribution in [0.5, 0.6) is 5.75 Å². The number of aryl methyl sites for hydroxylation is 1. The molecule has 2 aromatic carbocycles. The molecule has 0 saturated heterocycles. The van der Waals surface area contributed by atoms with Crippen LogP contribution in [0.15, 0.2) is 59.4 Å². The molecule has 3 aromatic rings. The number of benzene rings is 2. The highest BCUT2D eigenvalue weighted by molar-refractivity contribution is 5.95. The Hall–Kier alpha value is -3.52. The molecule has 0 aliphatic carbocycles. The summed E-state index contributed by atoms with van der Waals surface area (Å²) in [5.74, 6) is 1.68. The van der Waals surface area contributed by atoms with Crippen LogP contribution in [0.3, 0.4) is 0 Å². The van der Waals surface area contributed by atoms with E-state index in [1.807, 2.05) is 55.3 Å². The molecule has 0 saturated carbocycles. The minimum Gasteiger partial charge on any atom is -0.491 e. The number of aliphatic imine (C=N–C) groups is 1. The Bertz CT molecular complexity index is 1140. The van der Waals surface area contributed by atoms with E-state index in [1.54, 1.807) is 19.2 Å². The number of nitrogens with one attached hydrogen (secondary N) is 3. The highest BCUT2D eigenvalue weighted by Gasteiger charge is 2.15. The van der Waals surface area contributed by atoms with Crippen LogP contribution in [0.4, 0.5) is 15.8 Å². The second-order valence-electron chi connectivity index (χ2n) is 7.37. The van der Waals surface area contributed by atoms with Crippen LogP contribution >= 0.6 is 0 Å². The summed E-state index contributed by atoms with van der Waals surface area (Å²) in [5, 5.41) is 6.98. The summed E-state index contributed by atoms with van der Waals surface area (Å²) < 4.78 is 25.6. The summed E-state index contributed by atoms with van der Waals surface area (Å²) in [4.78, 5) is 9.75. The van der Waals surface area contributed by atoms with E-state index < -0.39 is 0 Å². The number of halogens is 1. The molecule has 0 bridgehead atoms. The molecule has 4 rings (SSSR count). The van der Waals surface area contributed by atoms with Crippen LogP contribution < -0.4 is 15.4 Å². The van der Waals surface area contributed by atoms with Crippen LogP contribution in [0.1, 0.15) is 5.69 Å². The zero-order chi connectivity index (χ0) is 21.8. The van der Waals surface area contributed by atoms with Gasteiger partial charge in [0, 0.05) is 49.1 Å². The van der Waals surface area contributed by atoms with E-state index in [1.165, 1.54) is 0 Å². The van der Waals surface area contributed by atoms with E-state index in [4.69, 9.17) is 9.47 Å². The van der Waals surface area contributed by atoms with Gasteiger partial charge in [-0.05, 0) is 43.3 Å². The Kier molecular flexibility index (Phi) is 6.08. The number of hydrogen-bond acceptors (Lipinski definition) is 6. The summed E-state index contributed by atoms with van der Waals surface area (Å²) in [6.45, 7) is 3.54. The summed E-state index contributed by atoms with van der Waals surface area (Å²) in [7, 11) is 3.58. The molecule has 0 amide bonds. The van der Waals surface area contributed by atoms with Gasteiger partial charge in [-0.3, -0.25) is 0 Å². The molecule has 0 unspecified atom stereocenters. The van der Waals surface area contributed by atoms with Gasteiger partial charge in [0.2, 0.25) is 5.96 Å². The predicted octanol–water partition coefficient (Wildman–Crippen LogP) is 4.31. The topological polar surface area (TPSA) is 73.9 Å². The number of H-pyrrole nitrogens is 1. The fourth-order valence-electron chi connectivity index (χ4n) is 3.34. The van der Waals surface area contributed by atoms with E-state index in [9.17, 15) is 4.39 Å². The number of aromatic nitrogens is 1. The zero-order valence-electron chi connectivity index (χ0n) is 17.8. The molecule has 0 fully saturated rings. The van der Waals surface area contributed by atoms with Crippen molar-refractivity contribution >= 4 is 28.2 Å². The lowest BCUT2D eigenvalue weighted by Crippen LogP contribution is -2.36. The minimum absolute atomic E-state index is 0.299. The first-order valence-corrected chi connectivity index (χ1v) is 10.1. The first-order valence-electron chi connectivity index (χ1n) is 10.1. The summed E-state index contributed by atoms with van der Waals surface area (Å²) in [5.41, 5.74) is 2.93. The average molecular weight is 423 g/mol. The SMILES string of the molecule is COCCOc1cccc(NC2=NC(Nc3ccc4[nH]c(C)cc4c3F)=CCN2C)c1. The standard InChI is InChI=1S/C23H26FN5O2/c1-15-13-18-19(25-15)7-8-20(22(18)24)27-21-9-10-29(2)23(28-21)26-16-5-4-6-17(14-16)31-12-11-30-3/h4-9,13-14,25,27H,10-12H2,1-3H3,(H,26,28). The van der Waals surface area contributed by atoms with Crippen molar-refractivity contribution in [1.29, 1.82) is 0 Å². The molecule has 1 aliphatic heterocycles. The van der Waals surface area contributed by atoms with Crippen molar-refractivity contribution in [2.45, 2.75) is 6.92 Å². The quantitative estimate of drug-likeness (QED) is 0.494. The van der Waals surface area contributed by atoms with Crippen LogP contribution in [0.25, 0.3) is 10.9 Å². The smallest absolute Gasteiger partial charge is 0.205 e. The first kappa shape index (κ1) is 20.7. The van der Waals surface area contributed by atoms with Gasteiger partial charge < -0.3 is 30.0 Å². The van der Waals surface area contributed by atoms with Gasteiger partial charge in [-0.25, -0.2) is 4.39 Å². The lowest BCUT2D eigenvalue weighted by atomic mass is 10.2. The molecule has 2 heterocycles. The highest BCUT2D eigenvalue weighted by atomic mass is 19.1. The molecular weight excluding hydrogens is 397 g/mol. The van der Waals surface area contributed by atoms with Crippen LogP contribution in [-0.2, 0) is 4.74 Å². The first-order chi connectivity index (χ1) is 15.0. The molecule has 162 valence electrons. The number of likely N-dealkylation sites (N-methyl/N-ethyl adjacent to an activating group) is 1. The van der Waals surface area contributed by atoms with Crippen molar-refractivity contribution in [2.24, 2.45) is 4.99 Å². The zero-order valence-corrected chi connectivity index (χ0v) is 17.8. The van der Waals surface area contributed by atoms with Crippen molar-refractivity contribution < 1.29 is 13.9 Å². The molecule has 8 heteroatoms. The second kappa shape index (κ2) is 9.09. The third-order valence-electron chi connectivity index (χ3n) is 4.93. The number of rotatable bonds is 7. The molecule has 1 aliphatic rings. The number of anilines is 2. The number of nitrogens with zero attached hydrogens (tertiary/aromatic N) is 2. The van der Waals surface area contributed by atoms with Crippen molar-refractivity contribution in [2.75, 3.05) is 44.5 Å². The molecule has 1 aromatic heterocycles. The number of aromatic amines is 1. The maximum atomic E-state index is 14.9. The maximum Gasteiger partial charge on any atom is 0.205 e. The van der Waals surface area contributed by atoms with E-state index in [0.29, 0.717) is 42.6 Å². The number of ether oxygens (including phenoxy) is 2. The summed E-state index contributed by atoms with van der Waals surface area (Å²) >= 11 is 0. The molecule has 3 N–H and O–H groups in total. The van der Waals surface area contributed by atoms with E-state index in [0.717, 1.165) is 22.6 Å². The minimum atomic E-state index is -0.299. The van der Waals surface area contributed by atoms with E-state index >= 15 is 0 Å². The molecule has 0 spiro atoms. The molecule has 7 nitrogen and oxygen atoms in total. The van der Waals surface area contributed by atoms with Gasteiger partial charge in [0.1, 0.15) is 18.2 Å². The number of guanidine groups is 1. The predicted molar refractivity (Wildman–Crippen MR) is 122 cm³/mol. The fraction of sp³-hybridized carbons (Fsp3) is 0.261. The van der Waals surface area contributed by atoms with Crippen LogP contribution in [0.2, 0.25) is 0 Å². The molecule has 0 atom stereocenters. The third-order valence-corrected chi connectivity index (χ3v) is 4.93. The van der Waals surface area contributed by atoms with Crippen molar-refractivity contribution in [3.63, 3.8) is 0 Å². The summed E-state index contributed by atoms with van der Waals surface area (Å²) in [6, 6.07) is 13.0. The van der Waals surface area contributed by atoms with Gasteiger partial charge in [0.05, 0.1) is 12.3 Å². The summed E-state index contributed by atoms with van der Waals surface area (Å²) in [6.07, 6.45) is 1.92. The molecule has 31 heavy (non-hydrogen) atoms. The van der Waals surface area contributed by atoms with Gasteiger partial charge in [-0.1, -0.05) is 6.07 Å². The Morgan fingerprint density at radius 2 is 2.03 bits per heavy atom. The van der Waals surface area contributed by atoms with Crippen LogP contribution in [-0.4, -0.2) is 49.8 Å². The highest BCUT2D eigenvalue weighted by Crippen LogP contribution is 2.27. The largest absolute Gasteiger partial charge is 0.491 e. The fourth-order valence-corrected chi connectivity index (χ4v) is 3.34. The third kappa shape index (κ3) is 4.80. The Labute approximate surface area is 180 Å². The van der Waals surface area contributed by atoms with Crippen molar-refractivity contribution in [3.05, 3.63) is 65.9 Å². The Morgan fingerprint density at radius 1 is 1.16 bits per heavy atom. The van der Waals surface area contributed by atoms with Gasteiger partial charge >= 0.3 is 0 Å². The second-order valence-corrected chi connectivity index (χ2v) is 7.37. The van der Waals surface area contributed by atoms with Gasteiger partial charge in [-0.15, -0.1) is 0 Å². The number of hydrogen-bond donors (Lipinski definition) is 3. The normalized spacial score (nSPS) is 13.7. The lowest BCUT2D eigenvalue weighted by Gasteiger charge is -2.25. The number of methoxy groups -OCH3 is 1. The van der Waals surface area contributed by atoms with Gasteiger partial charge in [-0.2, -0.15) is 4.99 Å². The van der Waals surface area contributed by atoms with Crippen LogP contribution in [0, 0.1) is 12.7 Å². The molecule has 0 radical (unpaired) electrons. The van der Waals surface area contributed by atoms with Gasteiger partial charge in [0.25, 0.3) is 0 Å². The Balaban J connectivity index is 1.50. The monoisotopic (exact) mass is 423 g/mol. The van der Waals surface area contributed by atoms with E-state index in [-0.39, 0.29) is 5.82 Å². The Morgan fingerprint density at radius 3 is 2.87 bits per heavy atom. The molecular formula is C23H26FN5O2. The maximum absolute atomic E-state index is 14.9. The number of fused-ring (bicyclic) bond motifs is 1. The lowest BCUT2D eigenvalue weighted by molar-refractivity contribution is 0.146. The van der Waals surface area contributed by atoms with Crippen molar-refractivity contribution in [1.82, 2.24) is 9.88 Å². The average Bonchev–Trinajstić information content (AvgIpc) is 3.14. The van der Waals surface area contributed by atoms with Gasteiger partial charge in [0.15, 0.2) is 5.82 Å². The van der Waals surface area contributed by atoms with E-state index in [2.05, 4.69) is 20.6 Å².